The molecule has 6 heteroatoms. The zero-order chi connectivity index (χ0) is 18.5. The predicted octanol–water partition coefficient (Wildman–Crippen LogP) is 5.05. The minimum absolute atomic E-state index is 1.17. The quantitative estimate of drug-likeness (QED) is 0.379. The van der Waals surface area contributed by atoms with E-state index in [1.165, 1.54) is 22.3 Å². The molecule has 26 heavy (non-hydrogen) atoms. The van der Waals surface area contributed by atoms with Gasteiger partial charge in [-0.2, -0.15) is 0 Å². The van der Waals surface area contributed by atoms with E-state index in [0.29, 0.717) is 0 Å². The summed E-state index contributed by atoms with van der Waals surface area (Å²) < 4.78 is 0. The maximum absolute atomic E-state index is 3.96. The van der Waals surface area contributed by atoms with Crippen LogP contribution in [0.2, 0.25) is 0 Å². The van der Waals surface area contributed by atoms with E-state index < -0.39 is 0 Å². The van der Waals surface area contributed by atoms with Gasteiger partial charge in [0.2, 0.25) is 0 Å². The van der Waals surface area contributed by atoms with Gasteiger partial charge in [-0.15, -0.1) is 23.3 Å². The average molecular weight is 379 g/mol. The van der Waals surface area contributed by atoms with Crippen molar-refractivity contribution in [3.05, 3.63) is 98.1 Å². The molecule has 0 aliphatic carbocycles. The Morgan fingerprint density at radius 3 is 0.654 bits per heavy atom. The van der Waals surface area contributed by atoms with Gasteiger partial charge in [0, 0.05) is 49.6 Å². The van der Waals surface area contributed by atoms with E-state index in [4.69, 9.17) is 0 Å². The molecule has 0 bridgehead atoms. The summed E-state index contributed by atoms with van der Waals surface area (Å²) in [4.78, 5) is 15.8. The lowest BCUT2D eigenvalue weighted by atomic mass is 10.1. The van der Waals surface area contributed by atoms with Crippen LogP contribution in [0.15, 0.2) is 98.1 Å². The first-order valence-corrected chi connectivity index (χ1v) is 9.34. The summed E-state index contributed by atoms with van der Waals surface area (Å²) in [6.45, 7) is 0. The molecule has 0 saturated heterocycles. The van der Waals surface area contributed by atoms with E-state index in [1.807, 2.05) is 48.5 Å². The molecule has 0 radical (unpaired) electrons. The lowest BCUT2D eigenvalue weighted by Crippen LogP contribution is -1.77. The average Bonchev–Trinajstić information content (AvgIpc) is 2.78. The van der Waals surface area contributed by atoms with Gasteiger partial charge in [-0.05, 0) is 70.8 Å². The maximum atomic E-state index is 3.96. The van der Waals surface area contributed by atoms with Gasteiger partial charge in [-0.3, -0.25) is 19.9 Å². The fraction of sp³-hybridized carbons (Fsp3) is 0. The van der Waals surface area contributed by atoms with E-state index in [2.05, 4.69) is 43.3 Å². The minimum atomic E-state index is 1.17. The second kappa shape index (κ2) is 11.8. The van der Waals surface area contributed by atoms with Crippen LogP contribution >= 0.6 is 23.3 Å². The van der Waals surface area contributed by atoms with Gasteiger partial charge in [0.15, 0.2) is 0 Å². The highest BCUT2D eigenvalue weighted by Crippen LogP contribution is 2.16. The van der Waals surface area contributed by atoms with Crippen LogP contribution in [0.1, 0.15) is 0 Å². The molecule has 4 nitrogen and oxygen atoms in total. The molecular weight excluding hydrogens is 360 g/mol. The Bertz CT molecular complexity index is 696. The summed E-state index contributed by atoms with van der Waals surface area (Å²) in [7, 11) is 0. The van der Waals surface area contributed by atoms with Gasteiger partial charge in [0.05, 0.1) is 0 Å². The number of hydrogen-bond donors (Lipinski definition) is 2. The highest BCUT2D eigenvalue weighted by molar-refractivity contribution is 8.59. The smallest absolute Gasteiger partial charge is 0.0273 e. The Kier molecular flexibility index (Phi) is 8.89. The van der Waals surface area contributed by atoms with Crippen molar-refractivity contribution in [3.8, 4) is 22.3 Å². The largest absolute Gasteiger partial charge is 0.265 e. The van der Waals surface area contributed by atoms with E-state index in [0.717, 1.165) is 0 Å². The third-order valence-corrected chi connectivity index (χ3v) is 3.39. The van der Waals surface area contributed by atoms with E-state index in [1.54, 1.807) is 49.6 Å². The summed E-state index contributed by atoms with van der Waals surface area (Å²) in [5.74, 6) is 0. The third kappa shape index (κ3) is 6.31. The molecule has 4 rings (SSSR count). The van der Waals surface area contributed by atoms with Crippen molar-refractivity contribution in [2.75, 3.05) is 0 Å². The van der Waals surface area contributed by atoms with Crippen molar-refractivity contribution in [2.45, 2.75) is 0 Å². The van der Waals surface area contributed by atoms with E-state index in [9.17, 15) is 0 Å². The van der Waals surface area contributed by atoms with Crippen molar-refractivity contribution in [2.24, 2.45) is 0 Å². The molecule has 4 aromatic heterocycles. The summed E-state index contributed by atoms with van der Waals surface area (Å²) in [5, 5.41) is 0. The van der Waals surface area contributed by atoms with Gasteiger partial charge >= 0.3 is 0 Å². The van der Waals surface area contributed by atoms with Crippen molar-refractivity contribution < 1.29 is 0 Å². The number of hydrogen-bond acceptors (Lipinski definition) is 6. The summed E-state index contributed by atoms with van der Waals surface area (Å²) in [6.07, 6.45) is 14.3. The fourth-order valence-electron chi connectivity index (χ4n) is 2.18. The number of rotatable bonds is 2. The fourth-order valence-corrected chi connectivity index (χ4v) is 2.18. The Labute approximate surface area is 163 Å². The van der Waals surface area contributed by atoms with Gasteiger partial charge in [-0.25, -0.2) is 0 Å². The lowest BCUT2D eigenvalue weighted by molar-refractivity contribution is 1.31. The van der Waals surface area contributed by atoms with Crippen LogP contribution in [0.5, 0.6) is 0 Å². The van der Waals surface area contributed by atoms with Crippen LogP contribution in [-0.2, 0) is 0 Å². The van der Waals surface area contributed by atoms with Crippen molar-refractivity contribution in [1.29, 1.82) is 0 Å². The first-order valence-electron chi connectivity index (χ1n) is 7.74. The van der Waals surface area contributed by atoms with Crippen LogP contribution in [-0.4, -0.2) is 19.9 Å². The van der Waals surface area contributed by atoms with Gasteiger partial charge in [0.25, 0.3) is 0 Å². The molecule has 0 unspecified atom stereocenters. The monoisotopic (exact) mass is 378 g/mol. The van der Waals surface area contributed by atoms with Crippen LogP contribution in [0, 0.1) is 0 Å². The molecule has 0 aliphatic rings. The third-order valence-electron chi connectivity index (χ3n) is 3.39. The number of aromatic nitrogens is 4. The Morgan fingerprint density at radius 2 is 0.500 bits per heavy atom. The first kappa shape index (κ1) is 19.6. The second-order valence-corrected chi connectivity index (χ2v) is 4.94. The molecule has 0 aliphatic heterocycles. The SMILES string of the molecule is SS.c1cc(-c2ccncc2)ccn1.c1cc(-c2ccncc2)ccn1. The molecule has 0 spiro atoms. The second-order valence-electron chi connectivity index (χ2n) is 4.94. The van der Waals surface area contributed by atoms with Crippen molar-refractivity contribution in [1.82, 2.24) is 19.9 Å². The van der Waals surface area contributed by atoms with Crippen LogP contribution < -0.4 is 0 Å². The molecular formula is C20H18N4S2. The standard InChI is InChI=1S/2C10H8N2.H2S2/c2*1-5-11-6-2-9(1)10-3-7-12-8-4-10;1-2/h2*1-8H;1-2H. The first-order chi connectivity index (χ1) is 12.9. The Morgan fingerprint density at radius 1 is 0.346 bits per heavy atom. The van der Waals surface area contributed by atoms with E-state index in [-0.39, 0.29) is 0 Å². The maximum Gasteiger partial charge on any atom is 0.0273 e. The molecule has 0 aromatic carbocycles. The van der Waals surface area contributed by atoms with Gasteiger partial charge in [0.1, 0.15) is 0 Å². The van der Waals surface area contributed by atoms with Crippen molar-refractivity contribution >= 4 is 23.3 Å². The van der Waals surface area contributed by atoms with Crippen LogP contribution in [0.3, 0.4) is 0 Å². The van der Waals surface area contributed by atoms with Crippen LogP contribution in [0.4, 0.5) is 0 Å². The molecule has 0 saturated carbocycles. The molecule has 4 heterocycles. The molecule has 0 amide bonds. The van der Waals surface area contributed by atoms with Crippen LogP contribution in [0.25, 0.3) is 22.3 Å². The highest BCUT2D eigenvalue weighted by atomic mass is 33.1. The van der Waals surface area contributed by atoms with Crippen molar-refractivity contribution in [3.63, 3.8) is 0 Å². The normalized spacial score (nSPS) is 9.15. The minimum Gasteiger partial charge on any atom is -0.265 e. The number of nitrogens with zero attached hydrogens (tertiary/aromatic N) is 4. The summed E-state index contributed by atoms with van der Waals surface area (Å²) in [6, 6.07) is 15.9. The zero-order valence-electron chi connectivity index (χ0n) is 13.9. The molecule has 0 N–H and O–H groups in total. The molecule has 0 atom stereocenters. The Balaban J connectivity index is 0.000000171. The van der Waals surface area contributed by atoms with Gasteiger partial charge < -0.3 is 0 Å². The predicted molar refractivity (Wildman–Crippen MR) is 113 cm³/mol. The number of thiol groups is 2. The Hall–Kier alpha value is -2.70. The summed E-state index contributed by atoms with van der Waals surface area (Å²) >= 11 is 6.44. The number of pyridine rings is 4. The zero-order valence-corrected chi connectivity index (χ0v) is 15.7. The van der Waals surface area contributed by atoms with Gasteiger partial charge in [-0.1, -0.05) is 0 Å². The highest BCUT2D eigenvalue weighted by Gasteiger charge is 1.93. The van der Waals surface area contributed by atoms with E-state index >= 15 is 0 Å². The summed E-state index contributed by atoms with van der Waals surface area (Å²) in [5.41, 5.74) is 4.69. The topological polar surface area (TPSA) is 51.6 Å². The lowest BCUT2D eigenvalue weighted by Gasteiger charge is -1.97. The molecule has 0 fully saturated rings. The molecule has 130 valence electrons. The molecule has 4 aromatic rings.